The van der Waals surface area contributed by atoms with Gasteiger partial charge in [-0.3, -0.25) is 4.79 Å². The largest absolute Gasteiger partial charge is 0.504 e. The third-order valence-electron chi connectivity index (χ3n) is 4.68. The Morgan fingerprint density at radius 3 is 2.50 bits per heavy atom. The molecule has 0 aliphatic heterocycles. The Balaban J connectivity index is 2.40. The number of anilines is 1. The van der Waals surface area contributed by atoms with Crippen molar-refractivity contribution in [2.24, 2.45) is 0 Å². The lowest BCUT2D eigenvalue weighted by molar-refractivity contribution is 0.104. The molecule has 0 aliphatic rings. The van der Waals surface area contributed by atoms with Crippen LogP contribution in [-0.2, 0) is 5.41 Å². The number of hydrogen-bond donors (Lipinski definition) is 2. The van der Waals surface area contributed by atoms with Crippen LogP contribution in [0.25, 0.3) is 6.08 Å². The highest BCUT2D eigenvalue weighted by Crippen LogP contribution is 2.37. The number of rotatable bonds is 9. The normalized spacial score (nSPS) is 11.4. The summed E-state index contributed by atoms with van der Waals surface area (Å²) in [6.07, 6.45) is 5.85. The van der Waals surface area contributed by atoms with Crippen LogP contribution in [0.5, 0.6) is 11.5 Å². The minimum Gasteiger partial charge on any atom is -0.504 e. The summed E-state index contributed by atoms with van der Waals surface area (Å²) < 4.78 is 5.74. The first-order valence-corrected chi connectivity index (χ1v) is 9.46. The van der Waals surface area contributed by atoms with Crippen LogP contribution in [0.2, 0.25) is 0 Å². The number of benzene rings is 2. The fraction of sp³-hybridized carbons (Fsp3) is 0.292. The quantitative estimate of drug-likeness (QED) is 0.339. The smallest absolute Gasteiger partial charge is 0.185 e. The minimum atomic E-state index is -0.323. The SMILES string of the molecule is C=CC(C)(C)c1cc(O)c(OCCC)c(C=CC(=O)c2ccc(NC)cc2)c1. The van der Waals surface area contributed by atoms with Crippen LogP contribution in [0.3, 0.4) is 0 Å². The van der Waals surface area contributed by atoms with Gasteiger partial charge in [0.2, 0.25) is 0 Å². The van der Waals surface area contributed by atoms with Crippen LogP contribution in [0.4, 0.5) is 5.69 Å². The fourth-order valence-corrected chi connectivity index (χ4v) is 2.67. The van der Waals surface area contributed by atoms with Gasteiger partial charge in [-0.05, 0) is 60.5 Å². The van der Waals surface area contributed by atoms with Gasteiger partial charge in [0, 0.05) is 29.3 Å². The van der Waals surface area contributed by atoms with Crippen molar-refractivity contribution >= 4 is 17.5 Å². The molecule has 4 heteroatoms. The van der Waals surface area contributed by atoms with Crippen molar-refractivity contribution in [3.05, 3.63) is 71.8 Å². The number of ketones is 1. The highest BCUT2D eigenvalue weighted by atomic mass is 16.5. The number of hydrogen-bond acceptors (Lipinski definition) is 4. The Labute approximate surface area is 167 Å². The van der Waals surface area contributed by atoms with Crippen LogP contribution in [0.15, 0.2) is 55.1 Å². The topological polar surface area (TPSA) is 58.6 Å². The third-order valence-corrected chi connectivity index (χ3v) is 4.68. The van der Waals surface area contributed by atoms with Gasteiger partial charge < -0.3 is 15.2 Å². The number of ether oxygens (including phenoxy) is 1. The third kappa shape index (κ3) is 5.03. The molecular weight excluding hydrogens is 350 g/mol. The van der Waals surface area contributed by atoms with Gasteiger partial charge in [-0.1, -0.05) is 26.8 Å². The Bertz CT molecular complexity index is 864. The Kier molecular flexibility index (Phi) is 7.05. The van der Waals surface area contributed by atoms with E-state index in [0.29, 0.717) is 23.5 Å². The van der Waals surface area contributed by atoms with E-state index in [9.17, 15) is 9.90 Å². The number of allylic oxidation sites excluding steroid dienone is 2. The first-order chi connectivity index (χ1) is 13.3. The second-order valence-electron chi connectivity index (χ2n) is 7.21. The molecule has 2 aromatic rings. The van der Waals surface area contributed by atoms with E-state index in [2.05, 4.69) is 11.9 Å². The number of carbonyl (C=O) groups excluding carboxylic acids is 1. The van der Waals surface area contributed by atoms with Crippen LogP contribution < -0.4 is 10.1 Å². The number of phenolic OH excluding ortho intramolecular Hbond substituents is 1. The summed E-state index contributed by atoms with van der Waals surface area (Å²) in [5.41, 5.74) is 2.78. The molecular formula is C24H29NO3. The monoisotopic (exact) mass is 379 g/mol. The van der Waals surface area contributed by atoms with Gasteiger partial charge in [-0.25, -0.2) is 0 Å². The van der Waals surface area contributed by atoms with E-state index in [-0.39, 0.29) is 16.9 Å². The molecule has 2 N–H and O–H groups in total. The number of nitrogens with one attached hydrogen (secondary N) is 1. The number of aromatic hydroxyl groups is 1. The van der Waals surface area contributed by atoms with Crippen molar-refractivity contribution in [2.45, 2.75) is 32.6 Å². The van der Waals surface area contributed by atoms with E-state index in [1.54, 1.807) is 24.3 Å². The van der Waals surface area contributed by atoms with Crippen molar-refractivity contribution in [3.8, 4) is 11.5 Å². The van der Waals surface area contributed by atoms with Crippen molar-refractivity contribution in [3.63, 3.8) is 0 Å². The zero-order valence-corrected chi connectivity index (χ0v) is 17.1. The molecule has 0 spiro atoms. The fourth-order valence-electron chi connectivity index (χ4n) is 2.67. The lowest BCUT2D eigenvalue weighted by Gasteiger charge is -2.22. The molecule has 0 radical (unpaired) electrons. The second kappa shape index (κ2) is 9.27. The van der Waals surface area contributed by atoms with Crippen molar-refractivity contribution < 1.29 is 14.6 Å². The first kappa shape index (κ1) is 21.3. The average molecular weight is 380 g/mol. The number of carbonyl (C=O) groups is 1. The molecule has 0 aliphatic carbocycles. The van der Waals surface area contributed by atoms with Gasteiger partial charge in [0.25, 0.3) is 0 Å². The van der Waals surface area contributed by atoms with E-state index < -0.39 is 0 Å². The standard InChI is InChI=1S/C24H29NO3/c1-6-14-28-23-18(15-19(16-22(23)27)24(3,4)7-2)10-13-21(26)17-8-11-20(25-5)12-9-17/h7-13,15-16,25,27H,2,6,14H2,1,3-5H3. The predicted octanol–water partition coefficient (Wildman–Crippen LogP) is 5.58. The minimum absolute atomic E-state index is 0.0614. The van der Waals surface area contributed by atoms with Gasteiger partial charge in [-0.2, -0.15) is 0 Å². The Morgan fingerprint density at radius 2 is 1.93 bits per heavy atom. The van der Waals surface area contributed by atoms with Crippen LogP contribution in [0, 0.1) is 0 Å². The van der Waals surface area contributed by atoms with E-state index in [1.165, 1.54) is 6.08 Å². The summed E-state index contributed by atoms with van der Waals surface area (Å²) >= 11 is 0. The van der Waals surface area contributed by atoms with Crippen molar-refractivity contribution in [1.82, 2.24) is 0 Å². The van der Waals surface area contributed by atoms with Crippen LogP contribution in [-0.4, -0.2) is 24.5 Å². The summed E-state index contributed by atoms with van der Waals surface area (Å²) in [7, 11) is 1.83. The van der Waals surface area contributed by atoms with Crippen molar-refractivity contribution in [2.75, 3.05) is 19.0 Å². The molecule has 148 valence electrons. The summed E-state index contributed by atoms with van der Waals surface area (Å²) in [4.78, 5) is 12.5. The number of phenols is 1. The maximum atomic E-state index is 12.5. The average Bonchev–Trinajstić information content (AvgIpc) is 2.70. The van der Waals surface area contributed by atoms with E-state index >= 15 is 0 Å². The van der Waals surface area contributed by atoms with E-state index in [0.717, 1.165) is 17.7 Å². The molecule has 0 bridgehead atoms. The van der Waals surface area contributed by atoms with Gasteiger partial charge in [-0.15, -0.1) is 6.58 Å². The lowest BCUT2D eigenvalue weighted by Crippen LogP contribution is -2.13. The van der Waals surface area contributed by atoms with E-state index in [4.69, 9.17) is 4.74 Å². The first-order valence-electron chi connectivity index (χ1n) is 9.46. The molecule has 0 unspecified atom stereocenters. The van der Waals surface area contributed by atoms with E-state index in [1.807, 2.05) is 52.1 Å². The van der Waals surface area contributed by atoms with Crippen LogP contribution >= 0.6 is 0 Å². The van der Waals surface area contributed by atoms with Crippen molar-refractivity contribution in [1.29, 1.82) is 0 Å². The van der Waals surface area contributed by atoms with Gasteiger partial charge in [0.1, 0.15) is 0 Å². The molecule has 2 aromatic carbocycles. The predicted molar refractivity (Wildman–Crippen MR) is 116 cm³/mol. The molecule has 0 aromatic heterocycles. The molecule has 2 rings (SSSR count). The molecule has 4 nitrogen and oxygen atoms in total. The highest BCUT2D eigenvalue weighted by molar-refractivity contribution is 6.07. The zero-order chi connectivity index (χ0) is 20.7. The Morgan fingerprint density at radius 1 is 1.25 bits per heavy atom. The molecule has 28 heavy (non-hydrogen) atoms. The Hall–Kier alpha value is -3.01. The van der Waals surface area contributed by atoms with Gasteiger partial charge >= 0.3 is 0 Å². The summed E-state index contributed by atoms with van der Waals surface area (Å²) in [6.45, 7) is 10.4. The molecule has 0 amide bonds. The molecule has 0 saturated carbocycles. The van der Waals surface area contributed by atoms with Crippen LogP contribution in [0.1, 0.15) is 48.7 Å². The maximum Gasteiger partial charge on any atom is 0.185 e. The highest BCUT2D eigenvalue weighted by Gasteiger charge is 2.20. The molecule has 0 fully saturated rings. The second-order valence-corrected chi connectivity index (χ2v) is 7.21. The lowest BCUT2D eigenvalue weighted by atomic mass is 9.83. The van der Waals surface area contributed by atoms with Gasteiger partial charge in [0.15, 0.2) is 17.3 Å². The summed E-state index contributed by atoms with van der Waals surface area (Å²) in [5.74, 6) is 0.336. The maximum absolute atomic E-state index is 12.5. The summed E-state index contributed by atoms with van der Waals surface area (Å²) in [5, 5.41) is 13.5. The summed E-state index contributed by atoms with van der Waals surface area (Å²) in [6, 6.07) is 10.9. The molecule has 0 saturated heterocycles. The zero-order valence-electron chi connectivity index (χ0n) is 17.1. The molecule has 0 atom stereocenters. The molecule has 0 heterocycles. The van der Waals surface area contributed by atoms with Gasteiger partial charge in [0.05, 0.1) is 6.61 Å².